The molecule has 4 unspecified atom stereocenters. The predicted molar refractivity (Wildman–Crippen MR) is 152 cm³/mol. The molecule has 0 aliphatic heterocycles. The van der Waals surface area contributed by atoms with E-state index in [4.69, 9.17) is 14.2 Å². The first-order valence-corrected chi connectivity index (χ1v) is 16.7. The van der Waals surface area contributed by atoms with Gasteiger partial charge in [0.2, 0.25) is 0 Å². The molecule has 214 valence electrons. The average Bonchev–Trinajstić information content (AvgIpc) is 3.56. The summed E-state index contributed by atoms with van der Waals surface area (Å²) >= 11 is 0. The maximum Gasteiger partial charge on any atom is 0.356 e. The van der Waals surface area contributed by atoms with Crippen LogP contribution < -0.4 is 9.48 Å². The van der Waals surface area contributed by atoms with Crippen LogP contribution in [0.3, 0.4) is 0 Å². The van der Waals surface area contributed by atoms with Gasteiger partial charge < -0.3 is 4.74 Å². The van der Waals surface area contributed by atoms with Gasteiger partial charge in [-0.15, -0.1) is 0 Å². The van der Waals surface area contributed by atoms with Crippen molar-refractivity contribution >= 4 is 9.84 Å². The Morgan fingerprint density at radius 1 is 1.13 bits per heavy atom. The quantitative estimate of drug-likeness (QED) is 0.196. The first kappa shape index (κ1) is 30.6. The molecule has 4 atom stereocenters. The lowest BCUT2D eigenvalue weighted by molar-refractivity contribution is -0.852. The Bertz CT molecular complexity index is 1120. The number of rotatable bonds is 17. The second kappa shape index (κ2) is 14.0. The van der Waals surface area contributed by atoms with E-state index in [-0.39, 0.29) is 5.75 Å². The van der Waals surface area contributed by atoms with Gasteiger partial charge >= 0.3 is 11.7 Å². The summed E-state index contributed by atoms with van der Waals surface area (Å²) in [6, 6.07) is 5.32. The van der Waals surface area contributed by atoms with Crippen LogP contribution in [0.25, 0.3) is 0 Å². The van der Waals surface area contributed by atoms with Crippen LogP contribution in [0.15, 0.2) is 27.6 Å². The highest BCUT2D eigenvalue weighted by atomic mass is 32.2. The Balaban J connectivity index is 1.48. The van der Waals surface area contributed by atoms with E-state index in [0.29, 0.717) is 23.3 Å². The molecule has 1 saturated carbocycles. The highest BCUT2D eigenvalue weighted by Crippen LogP contribution is 2.50. The molecule has 3 rings (SSSR count). The van der Waals surface area contributed by atoms with Crippen LogP contribution >= 0.6 is 0 Å². The number of nitrogens with zero attached hydrogens (tertiary/aromatic N) is 2. The van der Waals surface area contributed by atoms with Crippen molar-refractivity contribution in [3.63, 3.8) is 0 Å². The summed E-state index contributed by atoms with van der Waals surface area (Å²) in [7, 11) is -1.23. The summed E-state index contributed by atoms with van der Waals surface area (Å²) in [5.41, 5.74) is 0.973. The smallest absolute Gasteiger partial charge is 0.356 e. The predicted octanol–water partition coefficient (Wildman–Crippen LogP) is 7.16. The molecular weight excluding hydrogens is 496 g/mol. The molecule has 0 spiro atoms. The number of hydrogen-bond donors (Lipinski definition) is 0. The van der Waals surface area contributed by atoms with Gasteiger partial charge in [0.05, 0.1) is 29.1 Å². The molecule has 2 aromatic rings. The van der Waals surface area contributed by atoms with E-state index in [1.807, 2.05) is 24.8 Å². The van der Waals surface area contributed by atoms with Crippen LogP contribution in [0.2, 0.25) is 0 Å². The Labute approximate surface area is 231 Å². The van der Waals surface area contributed by atoms with E-state index in [0.717, 1.165) is 66.5 Å². The fourth-order valence-corrected chi connectivity index (χ4v) is 6.89. The van der Waals surface area contributed by atoms with Gasteiger partial charge in [-0.05, 0) is 78.6 Å². The number of aryl methyl sites for hydroxylation is 2. The summed E-state index contributed by atoms with van der Waals surface area (Å²) in [4.78, 5) is 5.22. The van der Waals surface area contributed by atoms with Crippen molar-refractivity contribution in [1.29, 1.82) is 0 Å². The zero-order chi connectivity index (χ0) is 27.9. The monoisotopic (exact) mass is 547 g/mol. The molecule has 0 bridgehead atoms. The third-order valence-electron chi connectivity index (χ3n) is 8.40. The molecule has 1 aliphatic carbocycles. The lowest BCUT2D eigenvalue weighted by atomic mass is 9.88. The van der Waals surface area contributed by atoms with Crippen molar-refractivity contribution in [3.8, 4) is 5.75 Å². The molecule has 1 aromatic heterocycles. The summed E-state index contributed by atoms with van der Waals surface area (Å²) in [5, 5.41) is 0. The highest BCUT2D eigenvalue weighted by Gasteiger charge is 2.41. The largest absolute Gasteiger partial charge is 0.493 e. The van der Waals surface area contributed by atoms with E-state index in [1.165, 1.54) is 32.1 Å². The Hall–Kier alpha value is -1.89. The fraction of sp³-hybridized carbons (Fsp3) is 0.742. The van der Waals surface area contributed by atoms with Gasteiger partial charge in [0.1, 0.15) is 12.8 Å². The van der Waals surface area contributed by atoms with Gasteiger partial charge in [-0.25, -0.2) is 8.42 Å². The molecule has 7 heteroatoms. The van der Waals surface area contributed by atoms with Gasteiger partial charge in [0.25, 0.3) is 0 Å². The van der Waals surface area contributed by atoms with Gasteiger partial charge in [-0.3, -0.25) is 4.52 Å². The van der Waals surface area contributed by atoms with E-state index in [2.05, 4.69) is 27.7 Å². The number of hydrogen-bond acceptors (Lipinski definition) is 5. The minimum atomic E-state index is -3.19. The zero-order valence-corrected chi connectivity index (χ0v) is 25.6. The molecule has 38 heavy (non-hydrogen) atoms. The summed E-state index contributed by atoms with van der Waals surface area (Å²) < 4.78 is 38.5. The molecule has 0 N–H and O–H groups in total. The minimum Gasteiger partial charge on any atom is -0.493 e. The van der Waals surface area contributed by atoms with Crippen molar-refractivity contribution in [2.75, 3.05) is 12.4 Å². The normalized spacial score (nSPS) is 19.1. The lowest BCUT2D eigenvalue weighted by Gasteiger charge is -2.17. The van der Waals surface area contributed by atoms with Crippen LogP contribution in [0.1, 0.15) is 122 Å². The Morgan fingerprint density at radius 2 is 1.89 bits per heavy atom. The molecular formula is C31H51N2O4S+. The van der Waals surface area contributed by atoms with Crippen molar-refractivity contribution in [2.24, 2.45) is 24.8 Å². The lowest BCUT2D eigenvalue weighted by Crippen LogP contribution is -2.31. The first-order valence-electron chi connectivity index (χ1n) is 15.0. The fourth-order valence-electron chi connectivity index (χ4n) is 5.95. The maximum atomic E-state index is 12.2. The van der Waals surface area contributed by atoms with Gasteiger partial charge in [0, 0.05) is 0 Å². The molecule has 1 heterocycles. The van der Waals surface area contributed by atoms with Gasteiger partial charge in [-0.1, -0.05) is 72.0 Å². The van der Waals surface area contributed by atoms with Crippen LogP contribution in [0, 0.1) is 17.8 Å². The van der Waals surface area contributed by atoms with E-state index in [1.54, 1.807) is 19.1 Å². The van der Waals surface area contributed by atoms with E-state index >= 15 is 0 Å². The number of aromatic nitrogens is 2. The second-order valence-electron chi connectivity index (χ2n) is 11.5. The van der Waals surface area contributed by atoms with Crippen molar-refractivity contribution in [2.45, 2.75) is 116 Å². The average molecular weight is 548 g/mol. The summed E-state index contributed by atoms with van der Waals surface area (Å²) in [5.74, 6) is 5.99. The Morgan fingerprint density at radius 3 is 2.50 bits per heavy atom. The number of benzene rings is 1. The maximum absolute atomic E-state index is 12.2. The number of sulfone groups is 1. The van der Waals surface area contributed by atoms with E-state index in [9.17, 15) is 8.42 Å². The third-order valence-corrected chi connectivity index (χ3v) is 10.1. The van der Waals surface area contributed by atoms with Crippen LogP contribution in [0.5, 0.6) is 5.75 Å². The van der Waals surface area contributed by atoms with Crippen molar-refractivity contribution in [3.05, 3.63) is 35.5 Å². The second-order valence-corrected chi connectivity index (χ2v) is 13.7. The molecule has 6 nitrogen and oxygen atoms in total. The summed E-state index contributed by atoms with van der Waals surface area (Å²) in [6.07, 6.45) is 10.4. The van der Waals surface area contributed by atoms with Crippen LogP contribution in [-0.2, 0) is 23.3 Å². The third kappa shape index (κ3) is 7.83. The highest BCUT2D eigenvalue weighted by molar-refractivity contribution is 7.91. The SMILES string of the molecule is CCCC(CCCC(CC)c1nc(C(C)C)[n+](C)o1)C1CC1CCOc1ccc(S(=O)(=O)CC)cc1CC. The van der Waals surface area contributed by atoms with Gasteiger partial charge in [-0.2, -0.15) is 0 Å². The molecule has 0 radical (unpaired) electrons. The zero-order valence-electron chi connectivity index (χ0n) is 24.8. The molecule has 1 aliphatic rings. The van der Waals surface area contributed by atoms with Crippen molar-refractivity contribution < 1.29 is 22.4 Å². The molecule has 0 saturated heterocycles. The van der Waals surface area contributed by atoms with Crippen LogP contribution in [0.4, 0.5) is 0 Å². The standard InChI is InChI=1S/C31H51N2O4S/c1-8-13-25(15-12-14-23(9-2)31-32-30(22(5)6)33(7)37-31)28-21-26(28)18-19-36-29-17-16-27(20-24(29)10-3)38(34,35)11-4/h16-17,20,22-23,25-26,28H,8-15,18-19,21H2,1-7H3/q+1. The topological polar surface area (TPSA) is 73.3 Å². The van der Waals surface area contributed by atoms with Crippen molar-refractivity contribution in [1.82, 2.24) is 4.98 Å². The molecule has 1 fully saturated rings. The summed E-state index contributed by atoms with van der Waals surface area (Å²) in [6.45, 7) is 13.3. The van der Waals surface area contributed by atoms with Crippen LogP contribution in [-0.4, -0.2) is 25.8 Å². The first-order chi connectivity index (χ1) is 18.1. The van der Waals surface area contributed by atoms with Gasteiger partial charge in [0.15, 0.2) is 9.84 Å². The molecule has 1 aromatic carbocycles. The number of ether oxygens (including phenoxy) is 1. The van der Waals surface area contributed by atoms with E-state index < -0.39 is 9.84 Å². The Kier molecular flexibility index (Phi) is 11.3. The minimum absolute atomic E-state index is 0.120. The molecule has 0 amide bonds.